The third-order valence-electron chi connectivity index (χ3n) is 3.67. The smallest absolute Gasteiger partial charge is 0.275 e. The van der Waals surface area contributed by atoms with E-state index in [0.717, 1.165) is 0 Å². The lowest BCUT2D eigenvalue weighted by molar-refractivity contribution is -0.385. The molecule has 1 heterocycles. The Hall–Kier alpha value is -1.02. The Kier molecular flexibility index (Phi) is 5.32. The molecule has 1 N–H and O–H groups in total. The fourth-order valence-electron chi connectivity index (χ4n) is 2.60. The van der Waals surface area contributed by atoms with Crippen LogP contribution in [-0.2, 0) is 11.3 Å². The van der Waals surface area contributed by atoms with Gasteiger partial charge in [-0.05, 0) is 19.2 Å². The lowest BCUT2D eigenvalue weighted by Crippen LogP contribution is -2.45. The molecule has 1 aliphatic heterocycles. The van der Waals surface area contributed by atoms with Crippen LogP contribution in [0.1, 0.15) is 18.4 Å². The Morgan fingerprint density at radius 3 is 2.76 bits per heavy atom. The SMILES string of the molecule is CN(Cc1ccc(Br)cc1[N+](=O)[O-])CC1(O)CCOCC1. The number of benzene rings is 1. The first-order valence-corrected chi connectivity index (χ1v) is 7.60. The van der Waals surface area contributed by atoms with E-state index in [1.165, 1.54) is 6.07 Å². The minimum absolute atomic E-state index is 0.0928. The predicted octanol–water partition coefficient (Wildman–Crippen LogP) is 2.33. The molecule has 0 saturated carbocycles. The van der Waals surface area contributed by atoms with Gasteiger partial charge in [0.15, 0.2) is 0 Å². The number of likely N-dealkylation sites (N-methyl/N-ethyl adjacent to an activating group) is 1. The lowest BCUT2D eigenvalue weighted by Gasteiger charge is -2.35. The minimum atomic E-state index is -0.767. The van der Waals surface area contributed by atoms with Crippen molar-refractivity contribution in [1.82, 2.24) is 4.90 Å². The highest BCUT2D eigenvalue weighted by atomic mass is 79.9. The number of hydrogen-bond donors (Lipinski definition) is 1. The highest BCUT2D eigenvalue weighted by molar-refractivity contribution is 9.10. The number of nitro groups is 1. The van der Waals surface area contributed by atoms with Crippen LogP contribution in [0.15, 0.2) is 22.7 Å². The molecule has 0 radical (unpaired) electrons. The second-order valence-corrected chi connectivity index (χ2v) is 6.45. The molecule has 0 aliphatic carbocycles. The molecule has 1 saturated heterocycles. The zero-order valence-electron chi connectivity index (χ0n) is 11.9. The summed E-state index contributed by atoms with van der Waals surface area (Å²) in [6.45, 7) is 2.02. The summed E-state index contributed by atoms with van der Waals surface area (Å²) in [5.41, 5.74) is -0.0338. The van der Waals surface area contributed by atoms with Gasteiger partial charge in [-0.1, -0.05) is 15.9 Å². The number of nitrogens with zero attached hydrogens (tertiary/aromatic N) is 2. The zero-order chi connectivity index (χ0) is 15.5. The molecular formula is C14H19BrN2O4. The molecule has 1 aliphatic rings. The number of nitro benzene ring substituents is 1. The first-order chi connectivity index (χ1) is 9.89. The summed E-state index contributed by atoms with van der Waals surface area (Å²) in [7, 11) is 1.86. The number of ether oxygens (including phenoxy) is 1. The molecule has 0 unspecified atom stereocenters. The molecule has 2 rings (SSSR count). The van der Waals surface area contributed by atoms with Crippen LogP contribution in [0.4, 0.5) is 5.69 Å². The summed E-state index contributed by atoms with van der Waals surface area (Å²) in [4.78, 5) is 12.6. The fraction of sp³-hybridized carbons (Fsp3) is 0.571. The van der Waals surface area contributed by atoms with Crippen molar-refractivity contribution in [3.63, 3.8) is 0 Å². The van der Waals surface area contributed by atoms with Crippen LogP contribution in [0.2, 0.25) is 0 Å². The van der Waals surface area contributed by atoms with Gasteiger partial charge in [-0.25, -0.2) is 0 Å². The van der Waals surface area contributed by atoms with Crippen molar-refractivity contribution in [2.45, 2.75) is 25.0 Å². The number of hydrogen-bond acceptors (Lipinski definition) is 5. The van der Waals surface area contributed by atoms with E-state index in [2.05, 4.69) is 15.9 Å². The molecule has 0 bridgehead atoms. The fourth-order valence-corrected chi connectivity index (χ4v) is 2.95. The molecule has 116 valence electrons. The molecule has 7 heteroatoms. The van der Waals surface area contributed by atoms with Gasteiger partial charge < -0.3 is 9.84 Å². The van der Waals surface area contributed by atoms with E-state index >= 15 is 0 Å². The molecule has 1 aromatic carbocycles. The molecule has 0 spiro atoms. The van der Waals surface area contributed by atoms with Crippen LogP contribution < -0.4 is 0 Å². The van der Waals surface area contributed by atoms with E-state index in [1.54, 1.807) is 12.1 Å². The van der Waals surface area contributed by atoms with E-state index in [-0.39, 0.29) is 10.6 Å². The van der Waals surface area contributed by atoms with Crippen molar-refractivity contribution in [3.8, 4) is 0 Å². The predicted molar refractivity (Wildman–Crippen MR) is 82.1 cm³/mol. The van der Waals surface area contributed by atoms with Crippen LogP contribution in [0.25, 0.3) is 0 Å². The maximum atomic E-state index is 11.1. The van der Waals surface area contributed by atoms with Gasteiger partial charge in [-0.3, -0.25) is 15.0 Å². The molecule has 0 atom stereocenters. The van der Waals surface area contributed by atoms with Gasteiger partial charge in [0, 0.05) is 55.2 Å². The Morgan fingerprint density at radius 2 is 2.14 bits per heavy atom. The van der Waals surface area contributed by atoms with Gasteiger partial charge in [-0.2, -0.15) is 0 Å². The quantitative estimate of drug-likeness (QED) is 0.645. The summed E-state index contributed by atoms with van der Waals surface area (Å²) < 4.78 is 5.94. The molecule has 21 heavy (non-hydrogen) atoms. The summed E-state index contributed by atoms with van der Waals surface area (Å²) in [6.07, 6.45) is 1.19. The largest absolute Gasteiger partial charge is 0.388 e. The molecule has 6 nitrogen and oxygen atoms in total. The first kappa shape index (κ1) is 16.4. The van der Waals surface area contributed by atoms with Crippen molar-refractivity contribution in [3.05, 3.63) is 38.3 Å². The Labute approximate surface area is 132 Å². The van der Waals surface area contributed by atoms with Crippen LogP contribution in [0, 0.1) is 10.1 Å². The van der Waals surface area contributed by atoms with Gasteiger partial charge in [0.2, 0.25) is 0 Å². The van der Waals surface area contributed by atoms with E-state index in [0.29, 0.717) is 49.2 Å². The van der Waals surface area contributed by atoms with Crippen molar-refractivity contribution in [2.24, 2.45) is 0 Å². The third-order valence-corrected chi connectivity index (χ3v) is 4.17. The van der Waals surface area contributed by atoms with Crippen molar-refractivity contribution < 1.29 is 14.8 Å². The zero-order valence-corrected chi connectivity index (χ0v) is 13.5. The van der Waals surface area contributed by atoms with Crippen molar-refractivity contribution in [1.29, 1.82) is 0 Å². The molecule has 1 fully saturated rings. The standard InChI is InChI=1S/C14H19BrN2O4/c1-16(10-14(18)4-6-21-7-5-14)9-11-2-3-12(15)8-13(11)17(19)20/h2-3,8,18H,4-7,9-10H2,1H3. The van der Waals surface area contributed by atoms with Crippen LogP contribution >= 0.6 is 15.9 Å². The van der Waals surface area contributed by atoms with E-state index in [1.807, 2.05) is 11.9 Å². The van der Waals surface area contributed by atoms with Crippen molar-refractivity contribution in [2.75, 3.05) is 26.8 Å². The highest BCUT2D eigenvalue weighted by Gasteiger charge is 2.31. The molecule has 0 amide bonds. The summed E-state index contributed by atoms with van der Waals surface area (Å²) in [5, 5.41) is 21.6. The Balaban J connectivity index is 2.05. The second kappa shape index (κ2) is 6.83. The van der Waals surface area contributed by atoms with Gasteiger partial charge in [0.1, 0.15) is 0 Å². The normalized spacial score (nSPS) is 17.9. The lowest BCUT2D eigenvalue weighted by atomic mass is 9.94. The Morgan fingerprint density at radius 1 is 1.48 bits per heavy atom. The van der Waals surface area contributed by atoms with Crippen molar-refractivity contribution >= 4 is 21.6 Å². The topological polar surface area (TPSA) is 75.8 Å². The second-order valence-electron chi connectivity index (χ2n) is 5.54. The Bertz CT molecular complexity index is 518. The monoisotopic (exact) mass is 358 g/mol. The molecular weight excluding hydrogens is 340 g/mol. The first-order valence-electron chi connectivity index (χ1n) is 6.81. The maximum Gasteiger partial charge on any atom is 0.275 e. The van der Waals surface area contributed by atoms with Gasteiger partial charge in [0.05, 0.1) is 10.5 Å². The third kappa shape index (κ3) is 4.47. The van der Waals surface area contributed by atoms with E-state index in [4.69, 9.17) is 4.74 Å². The highest BCUT2D eigenvalue weighted by Crippen LogP contribution is 2.26. The van der Waals surface area contributed by atoms with E-state index < -0.39 is 5.60 Å². The molecule has 1 aromatic rings. The average Bonchev–Trinajstić information content (AvgIpc) is 2.40. The van der Waals surface area contributed by atoms with Crippen LogP contribution in [-0.4, -0.2) is 47.3 Å². The molecule has 0 aromatic heterocycles. The maximum absolute atomic E-state index is 11.1. The van der Waals surface area contributed by atoms with Gasteiger partial charge in [0.25, 0.3) is 5.69 Å². The number of rotatable bonds is 5. The number of aliphatic hydroxyl groups is 1. The van der Waals surface area contributed by atoms with Crippen LogP contribution in [0.3, 0.4) is 0 Å². The van der Waals surface area contributed by atoms with E-state index in [9.17, 15) is 15.2 Å². The average molecular weight is 359 g/mol. The van der Waals surface area contributed by atoms with Gasteiger partial charge in [-0.15, -0.1) is 0 Å². The summed E-state index contributed by atoms with van der Waals surface area (Å²) >= 11 is 3.25. The van der Waals surface area contributed by atoms with Gasteiger partial charge >= 0.3 is 0 Å². The number of halogens is 1. The summed E-state index contributed by atoms with van der Waals surface area (Å²) in [6, 6.07) is 5.04. The minimum Gasteiger partial charge on any atom is -0.388 e. The summed E-state index contributed by atoms with van der Waals surface area (Å²) in [5.74, 6) is 0. The van der Waals surface area contributed by atoms with Crippen LogP contribution in [0.5, 0.6) is 0 Å².